The van der Waals surface area contributed by atoms with E-state index in [0.29, 0.717) is 22.3 Å². The number of hydrogen-bond donors (Lipinski definition) is 1. The zero-order chi connectivity index (χ0) is 11.5. The highest BCUT2D eigenvalue weighted by Gasteiger charge is 2.25. The largest absolute Gasteiger partial charge is 0.348 e. The maximum Gasteiger partial charge on any atom is 0.270 e. The molecule has 0 spiro atoms. The lowest BCUT2D eigenvalue weighted by Crippen LogP contribution is -2.36. The average molecular weight is 283 g/mol. The first-order valence-corrected chi connectivity index (χ1v) is 6.39. The fraction of sp³-hybridized carbons (Fsp3) is 0.500. The SMILES string of the molecule is CC1CCCC1NC(=O)c1cccc(Br)n1. The van der Waals surface area contributed by atoms with Crippen molar-refractivity contribution in [2.24, 2.45) is 5.92 Å². The lowest BCUT2D eigenvalue weighted by atomic mass is 10.1. The molecule has 0 bridgehead atoms. The van der Waals surface area contributed by atoms with Gasteiger partial charge in [0.25, 0.3) is 5.91 Å². The van der Waals surface area contributed by atoms with Gasteiger partial charge in [-0.05, 0) is 46.8 Å². The molecule has 4 heteroatoms. The Kier molecular flexibility index (Phi) is 3.59. The van der Waals surface area contributed by atoms with Crippen molar-refractivity contribution in [1.29, 1.82) is 0 Å². The molecule has 1 aromatic heterocycles. The summed E-state index contributed by atoms with van der Waals surface area (Å²) >= 11 is 3.26. The molecule has 0 aliphatic heterocycles. The van der Waals surface area contributed by atoms with Crippen molar-refractivity contribution in [1.82, 2.24) is 10.3 Å². The van der Waals surface area contributed by atoms with Gasteiger partial charge in [0.2, 0.25) is 0 Å². The highest BCUT2D eigenvalue weighted by Crippen LogP contribution is 2.24. The molecule has 0 radical (unpaired) electrons. The number of pyridine rings is 1. The van der Waals surface area contributed by atoms with E-state index in [4.69, 9.17) is 0 Å². The monoisotopic (exact) mass is 282 g/mol. The van der Waals surface area contributed by atoms with Crippen molar-refractivity contribution in [3.63, 3.8) is 0 Å². The highest BCUT2D eigenvalue weighted by molar-refractivity contribution is 9.10. The van der Waals surface area contributed by atoms with Crippen molar-refractivity contribution >= 4 is 21.8 Å². The third kappa shape index (κ3) is 2.61. The van der Waals surface area contributed by atoms with E-state index in [0.717, 1.165) is 6.42 Å². The number of rotatable bonds is 2. The van der Waals surface area contributed by atoms with Crippen LogP contribution in [0.15, 0.2) is 22.8 Å². The Morgan fingerprint density at radius 2 is 2.31 bits per heavy atom. The Morgan fingerprint density at radius 3 is 2.94 bits per heavy atom. The molecular formula is C12H15BrN2O. The second-order valence-electron chi connectivity index (χ2n) is 4.33. The zero-order valence-corrected chi connectivity index (χ0v) is 10.8. The Morgan fingerprint density at radius 1 is 1.50 bits per heavy atom. The maximum atomic E-state index is 11.9. The lowest BCUT2D eigenvalue weighted by molar-refractivity contribution is 0.0924. The molecule has 2 unspecified atom stereocenters. The summed E-state index contributed by atoms with van der Waals surface area (Å²) in [6.45, 7) is 2.19. The molecule has 0 saturated heterocycles. The minimum absolute atomic E-state index is 0.0694. The van der Waals surface area contributed by atoms with Gasteiger partial charge in [0.1, 0.15) is 10.3 Å². The molecule has 1 aliphatic rings. The Bertz CT molecular complexity index is 394. The van der Waals surface area contributed by atoms with E-state index in [1.807, 2.05) is 12.1 Å². The van der Waals surface area contributed by atoms with Crippen LogP contribution in [-0.2, 0) is 0 Å². The molecule has 86 valence electrons. The van der Waals surface area contributed by atoms with Gasteiger partial charge in [-0.25, -0.2) is 4.98 Å². The highest BCUT2D eigenvalue weighted by atomic mass is 79.9. The van der Waals surface area contributed by atoms with Crippen LogP contribution < -0.4 is 5.32 Å². The lowest BCUT2D eigenvalue weighted by Gasteiger charge is -2.16. The topological polar surface area (TPSA) is 42.0 Å². The molecule has 1 saturated carbocycles. The van der Waals surface area contributed by atoms with Gasteiger partial charge in [0, 0.05) is 6.04 Å². The smallest absolute Gasteiger partial charge is 0.270 e. The van der Waals surface area contributed by atoms with E-state index in [9.17, 15) is 4.79 Å². The van der Waals surface area contributed by atoms with E-state index < -0.39 is 0 Å². The first kappa shape index (κ1) is 11.6. The number of amides is 1. The van der Waals surface area contributed by atoms with Crippen LogP contribution >= 0.6 is 15.9 Å². The third-order valence-electron chi connectivity index (χ3n) is 3.13. The normalized spacial score (nSPS) is 24.4. The summed E-state index contributed by atoms with van der Waals surface area (Å²) in [5, 5.41) is 3.05. The number of hydrogen-bond acceptors (Lipinski definition) is 2. The van der Waals surface area contributed by atoms with Gasteiger partial charge in [-0.15, -0.1) is 0 Å². The molecule has 1 N–H and O–H groups in total. The molecule has 1 amide bonds. The predicted octanol–water partition coefficient (Wildman–Crippen LogP) is 2.76. The van der Waals surface area contributed by atoms with E-state index in [1.54, 1.807) is 6.07 Å². The van der Waals surface area contributed by atoms with Gasteiger partial charge in [-0.1, -0.05) is 19.4 Å². The van der Waals surface area contributed by atoms with E-state index in [2.05, 4.69) is 33.2 Å². The number of halogens is 1. The van der Waals surface area contributed by atoms with Crippen molar-refractivity contribution in [2.75, 3.05) is 0 Å². The van der Waals surface area contributed by atoms with Crippen LogP contribution in [0.1, 0.15) is 36.7 Å². The van der Waals surface area contributed by atoms with Crippen LogP contribution in [-0.4, -0.2) is 16.9 Å². The summed E-state index contributed by atoms with van der Waals surface area (Å²) in [6.07, 6.45) is 3.50. The fourth-order valence-corrected chi connectivity index (χ4v) is 2.48. The number of nitrogens with one attached hydrogen (secondary N) is 1. The summed E-state index contributed by atoms with van der Waals surface area (Å²) in [5.41, 5.74) is 0.480. The van der Waals surface area contributed by atoms with Crippen LogP contribution in [0, 0.1) is 5.92 Å². The Hall–Kier alpha value is -0.900. The van der Waals surface area contributed by atoms with Crippen molar-refractivity contribution in [3.05, 3.63) is 28.5 Å². The zero-order valence-electron chi connectivity index (χ0n) is 9.24. The Balaban J connectivity index is 2.03. The molecule has 1 aliphatic carbocycles. The number of aromatic nitrogens is 1. The first-order valence-electron chi connectivity index (χ1n) is 5.60. The molecule has 16 heavy (non-hydrogen) atoms. The van der Waals surface area contributed by atoms with Gasteiger partial charge in [-0.2, -0.15) is 0 Å². The summed E-state index contributed by atoms with van der Waals surface area (Å²) in [7, 11) is 0. The third-order valence-corrected chi connectivity index (χ3v) is 3.57. The standard InChI is InChI=1S/C12H15BrN2O/c1-8-4-2-5-9(8)15-12(16)10-6-3-7-11(13)14-10/h3,6-9H,2,4-5H2,1H3,(H,15,16). The average Bonchev–Trinajstić information content (AvgIpc) is 2.64. The molecule has 1 aromatic rings. The number of nitrogens with zero attached hydrogens (tertiary/aromatic N) is 1. The van der Waals surface area contributed by atoms with Crippen molar-refractivity contribution < 1.29 is 4.79 Å². The Labute approximate surface area is 104 Å². The molecule has 1 heterocycles. The van der Waals surface area contributed by atoms with Crippen LogP contribution in [0.4, 0.5) is 0 Å². The molecule has 2 atom stereocenters. The van der Waals surface area contributed by atoms with Crippen molar-refractivity contribution in [2.45, 2.75) is 32.2 Å². The van der Waals surface area contributed by atoms with Crippen LogP contribution in [0.25, 0.3) is 0 Å². The summed E-state index contributed by atoms with van der Waals surface area (Å²) in [6, 6.07) is 5.69. The second kappa shape index (κ2) is 4.95. The van der Waals surface area contributed by atoms with E-state index >= 15 is 0 Å². The maximum absolute atomic E-state index is 11.9. The fourth-order valence-electron chi connectivity index (χ4n) is 2.14. The number of carbonyl (C=O) groups excluding carboxylic acids is 1. The van der Waals surface area contributed by atoms with Gasteiger partial charge in [0.05, 0.1) is 0 Å². The molecule has 0 aromatic carbocycles. The van der Waals surface area contributed by atoms with Crippen LogP contribution in [0.3, 0.4) is 0 Å². The van der Waals surface area contributed by atoms with E-state index in [-0.39, 0.29) is 5.91 Å². The van der Waals surface area contributed by atoms with Gasteiger partial charge >= 0.3 is 0 Å². The van der Waals surface area contributed by atoms with Crippen LogP contribution in [0.2, 0.25) is 0 Å². The van der Waals surface area contributed by atoms with Gasteiger partial charge < -0.3 is 5.32 Å². The second-order valence-corrected chi connectivity index (χ2v) is 5.15. The molecular weight excluding hydrogens is 268 g/mol. The minimum Gasteiger partial charge on any atom is -0.348 e. The quantitative estimate of drug-likeness (QED) is 0.848. The number of carbonyl (C=O) groups is 1. The van der Waals surface area contributed by atoms with E-state index in [1.165, 1.54) is 12.8 Å². The summed E-state index contributed by atoms with van der Waals surface area (Å²) in [4.78, 5) is 16.0. The minimum atomic E-state index is -0.0694. The summed E-state index contributed by atoms with van der Waals surface area (Å²) in [5.74, 6) is 0.510. The predicted molar refractivity (Wildman–Crippen MR) is 66.2 cm³/mol. The molecule has 3 nitrogen and oxygen atoms in total. The van der Waals surface area contributed by atoms with Gasteiger partial charge in [0.15, 0.2) is 0 Å². The molecule has 2 rings (SSSR count). The van der Waals surface area contributed by atoms with Crippen LogP contribution in [0.5, 0.6) is 0 Å². The van der Waals surface area contributed by atoms with Crippen molar-refractivity contribution in [3.8, 4) is 0 Å². The summed E-state index contributed by atoms with van der Waals surface area (Å²) < 4.78 is 0.694. The van der Waals surface area contributed by atoms with Gasteiger partial charge in [-0.3, -0.25) is 4.79 Å². The molecule has 1 fully saturated rings. The first-order chi connectivity index (χ1) is 7.66.